The number of aromatic nitrogens is 1. The number of hydrogen-bond acceptors (Lipinski definition) is 4. The average Bonchev–Trinajstić information content (AvgIpc) is 2.84. The molecule has 0 saturated heterocycles. The summed E-state index contributed by atoms with van der Waals surface area (Å²) in [6, 6.07) is 8.19. The third-order valence-electron chi connectivity index (χ3n) is 3.19. The van der Waals surface area contributed by atoms with Crippen LogP contribution in [0.25, 0.3) is 0 Å². The Morgan fingerprint density at radius 2 is 2.05 bits per heavy atom. The molecule has 3 nitrogen and oxygen atoms in total. The first kappa shape index (κ1) is 14.0. The van der Waals surface area contributed by atoms with Crippen LogP contribution in [0, 0.1) is 6.92 Å². The first-order chi connectivity index (χ1) is 9.20. The van der Waals surface area contributed by atoms with Gasteiger partial charge in [0.2, 0.25) is 0 Å². The Labute approximate surface area is 118 Å². The SMILES string of the molecule is CCC(N)c1ccc(OCCc2scnc2C)cc1. The zero-order valence-corrected chi connectivity index (χ0v) is 12.2. The van der Waals surface area contributed by atoms with Crippen molar-refractivity contribution in [2.75, 3.05) is 6.61 Å². The van der Waals surface area contributed by atoms with Crippen molar-refractivity contribution in [3.05, 3.63) is 45.9 Å². The minimum Gasteiger partial charge on any atom is -0.493 e. The van der Waals surface area contributed by atoms with Crippen molar-refractivity contribution in [1.82, 2.24) is 4.98 Å². The highest BCUT2D eigenvalue weighted by molar-refractivity contribution is 7.09. The Balaban J connectivity index is 1.85. The Kier molecular flexibility index (Phi) is 4.93. The molecule has 0 aliphatic heterocycles. The molecular formula is C15H20N2OS. The van der Waals surface area contributed by atoms with Gasteiger partial charge >= 0.3 is 0 Å². The summed E-state index contributed by atoms with van der Waals surface area (Å²) in [6.07, 6.45) is 1.86. The smallest absolute Gasteiger partial charge is 0.119 e. The van der Waals surface area contributed by atoms with E-state index in [1.165, 1.54) is 4.88 Å². The molecule has 1 atom stereocenters. The van der Waals surface area contributed by atoms with Gasteiger partial charge in [-0.3, -0.25) is 0 Å². The van der Waals surface area contributed by atoms with Gasteiger partial charge < -0.3 is 10.5 Å². The molecule has 4 heteroatoms. The molecule has 0 aliphatic rings. The summed E-state index contributed by atoms with van der Waals surface area (Å²) in [5, 5.41) is 0. The number of nitrogens with zero attached hydrogens (tertiary/aromatic N) is 1. The van der Waals surface area contributed by atoms with E-state index in [-0.39, 0.29) is 6.04 Å². The van der Waals surface area contributed by atoms with Gasteiger partial charge in [0.25, 0.3) is 0 Å². The summed E-state index contributed by atoms with van der Waals surface area (Å²) in [5.41, 5.74) is 10.1. The number of hydrogen-bond donors (Lipinski definition) is 1. The molecule has 0 bridgehead atoms. The van der Waals surface area contributed by atoms with Crippen LogP contribution in [-0.4, -0.2) is 11.6 Å². The Morgan fingerprint density at radius 1 is 1.32 bits per heavy atom. The topological polar surface area (TPSA) is 48.1 Å². The summed E-state index contributed by atoms with van der Waals surface area (Å²) in [5.74, 6) is 0.897. The normalized spacial score (nSPS) is 12.4. The van der Waals surface area contributed by atoms with Crippen LogP contribution in [0.15, 0.2) is 29.8 Å². The largest absolute Gasteiger partial charge is 0.493 e. The molecular weight excluding hydrogens is 256 g/mol. The number of ether oxygens (including phenoxy) is 1. The lowest BCUT2D eigenvalue weighted by Crippen LogP contribution is -2.08. The lowest BCUT2D eigenvalue weighted by atomic mass is 10.1. The maximum absolute atomic E-state index is 5.98. The standard InChI is InChI=1S/C15H20N2OS/c1-3-14(16)12-4-6-13(7-5-12)18-9-8-15-11(2)17-10-19-15/h4-7,10,14H,3,8-9,16H2,1-2H3. The average molecular weight is 276 g/mol. The fraction of sp³-hybridized carbons (Fsp3) is 0.400. The van der Waals surface area contributed by atoms with E-state index >= 15 is 0 Å². The minimum absolute atomic E-state index is 0.119. The second-order valence-corrected chi connectivity index (χ2v) is 5.48. The maximum atomic E-state index is 5.98. The highest BCUT2D eigenvalue weighted by Crippen LogP contribution is 2.19. The van der Waals surface area contributed by atoms with Gasteiger partial charge in [-0.2, -0.15) is 0 Å². The van der Waals surface area contributed by atoms with Gasteiger partial charge in [-0.1, -0.05) is 19.1 Å². The van der Waals surface area contributed by atoms with E-state index in [1.807, 2.05) is 36.7 Å². The van der Waals surface area contributed by atoms with Gasteiger partial charge in [0.05, 0.1) is 17.8 Å². The van der Waals surface area contributed by atoms with Gasteiger partial charge in [-0.25, -0.2) is 4.98 Å². The third-order valence-corrected chi connectivity index (χ3v) is 4.19. The number of thiazole rings is 1. The summed E-state index contributed by atoms with van der Waals surface area (Å²) in [7, 11) is 0. The Hall–Kier alpha value is -1.39. The molecule has 0 radical (unpaired) electrons. The van der Waals surface area contributed by atoms with E-state index in [9.17, 15) is 0 Å². The van der Waals surface area contributed by atoms with Crippen LogP contribution in [0.4, 0.5) is 0 Å². The lowest BCUT2D eigenvalue weighted by molar-refractivity contribution is 0.322. The molecule has 0 amide bonds. The molecule has 1 heterocycles. The molecule has 2 aromatic rings. The highest BCUT2D eigenvalue weighted by Gasteiger charge is 2.04. The molecule has 19 heavy (non-hydrogen) atoms. The van der Waals surface area contributed by atoms with Gasteiger partial charge in [0.1, 0.15) is 5.75 Å². The fourth-order valence-corrected chi connectivity index (χ4v) is 2.64. The van der Waals surface area contributed by atoms with Crippen molar-refractivity contribution in [1.29, 1.82) is 0 Å². The van der Waals surface area contributed by atoms with Gasteiger partial charge in [-0.05, 0) is 31.0 Å². The number of aryl methyl sites for hydroxylation is 1. The van der Waals surface area contributed by atoms with Gasteiger partial charge in [0.15, 0.2) is 0 Å². The Bertz CT molecular complexity index is 507. The quantitative estimate of drug-likeness (QED) is 0.878. The van der Waals surface area contributed by atoms with Crippen molar-refractivity contribution in [2.45, 2.75) is 32.7 Å². The first-order valence-electron chi connectivity index (χ1n) is 6.58. The zero-order chi connectivity index (χ0) is 13.7. The lowest BCUT2D eigenvalue weighted by Gasteiger charge is -2.10. The number of nitrogens with two attached hydrogens (primary N) is 1. The predicted molar refractivity (Wildman–Crippen MR) is 79.7 cm³/mol. The summed E-state index contributed by atoms with van der Waals surface area (Å²) in [4.78, 5) is 5.53. The van der Waals surface area contributed by atoms with Crippen LogP contribution in [0.3, 0.4) is 0 Å². The molecule has 1 aromatic heterocycles. The van der Waals surface area contributed by atoms with E-state index in [4.69, 9.17) is 10.5 Å². The summed E-state index contributed by atoms with van der Waals surface area (Å²) in [6.45, 7) is 4.81. The maximum Gasteiger partial charge on any atom is 0.119 e. The van der Waals surface area contributed by atoms with Crippen LogP contribution >= 0.6 is 11.3 Å². The van der Waals surface area contributed by atoms with E-state index in [1.54, 1.807) is 11.3 Å². The van der Waals surface area contributed by atoms with Gasteiger partial charge in [-0.15, -0.1) is 11.3 Å². The monoisotopic (exact) mass is 276 g/mol. The molecule has 1 aromatic carbocycles. The van der Waals surface area contributed by atoms with E-state index in [2.05, 4.69) is 11.9 Å². The molecule has 0 fully saturated rings. The summed E-state index contributed by atoms with van der Waals surface area (Å²) >= 11 is 1.69. The van der Waals surface area contributed by atoms with Crippen LogP contribution in [-0.2, 0) is 6.42 Å². The first-order valence-corrected chi connectivity index (χ1v) is 7.46. The van der Waals surface area contributed by atoms with E-state index < -0.39 is 0 Å². The van der Waals surface area contributed by atoms with Crippen molar-refractivity contribution in [3.63, 3.8) is 0 Å². The van der Waals surface area contributed by atoms with Crippen molar-refractivity contribution < 1.29 is 4.74 Å². The summed E-state index contributed by atoms with van der Waals surface area (Å²) < 4.78 is 5.74. The van der Waals surface area contributed by atoms with Crippen LogP contribution in [0.2, 0.25) is 0 Å². The fourth-order valence-electron chi connectivity index (χ4n) is 1.87. The predicted octanol–water partition coefficient (Wildman–Crippen LogP) is 3.48. The number of benzene rings is 1. The van der Waals surface area contributed by atoms with Crippen molar-refractivity contribution in [2.24, 2.45) is 5.73 Å². The molecule has 102 valence electrons. The number of rotatable bonds is 6. The minimum atomic E-state index is 0.119. The highest BCUT2D eigenvalue weighted by atomic mass is 32.1. The zero-order valence-electron chi connectivity index (χ0n) is 11.4. The van der Waals surface area contributed by atoms with Crippen molar-refractivity contribution >= 4 is 11.3 Å². The molecule has 1 unspecified atom stereocenters. The second kappa shape index (κ2) is 6.68. The van der Waals surface area contributed by atoms with Crippen LogP contribution < -0.4 is 10.5 Å². The third kappa shape index (κ3) is 3.78. The van der Waals surface area contributed by atoms with E-state index in [0.717, 1.165) is 29.8 Å². The van der Waals surface area contributed by atoms with Crippen molar-refractivity contribution in [3.8, 4) is 5.75 Å². The molecule has 2 rings (SSSR count). The van der Waals surface area contributed by atoms with E-state index in [0.29, 0.717) is 6.61 Å². The van der Waals surface area contributed by atoms with Crippen LogP contribution in [0.1, 0.15) is 35.5 Å². The van der Waals surface area contributed by atoms with Gasteiger partial charge in [0, 0.05) is 17.3 Å². The second-order valence-electron chi connectivity index (χ2n) is 4.54. The Morgan fingerprint density at radius 3 is 2.63 bits per heavy atom. The molecule has 0 aliphatic carbocycles. The van der Waals surface area contributed by atoms with Crippen LogP contribution in [0.5, 0.6) is 5.75 Å². The molecule has 0 spiro atoms. The molecule has 2 N–H and O–H groups in total. The molecule has 0 saturated carbocycles.